The average Bonchev–Trinajstić information content (AvgIpc) is 3.39. The first kappa shape index (κ1) is 27.9. The van der Waals surface area contributed by atoms with Crippen molar-refractivity contribution in [3.63, 3.8) is 0 Å². The minimum absolute atomic E-state index is 0.0796. The van der Waals surface area contributed by atoms with Crippen molar-refractivity contribution in [2.24, 2.45) is 0 Å². The van der Waals surface area contributed by atoms with Crippen LogP contribution in [-0.2, 0) is 5.60 Å². The summed E-state index contributed by atoms with van der Waals surface area (Å²) in [5.74, 6) is 0.899. The molecule has 0 fully saturated rings. The molecule has 8 rings (SSSR count). The summed E-state index contributed by atoms with van der Waals surface area (Å²) >= 11 is 0. The van der Waals surface area contributed by atoms with Gasteiger partial charge in [-0.2, -0.15) is 0 Å². The topological polar surface area (TPSA) is 9.23 Å². The minimum atomic E-state index is -0.775. The molecule has 1 heterocycles. The number of ether oxygens (including phenoxy) is 1. The Morgan fingerprint density at radius 1 is 0.609 bits per heavy atom. The molecular formula is C44H33BO. The molecule has 0 aromatic heterocycles. The lowest BCUT2D eigenvalue weighted by Gasteiger charge is -2.39. The van der Waals surface area contributed by atoms with Crippen molar-refractivity contribution >= 4 is 17.6 Å². The summed E-state index contributed by atoms with van der Waals surface area (Å²) in [4.78, 5) is 0. The van der Waals surface area contributed by atoms with Crippen LogP contribution in [0.1, 0.15) is 23.6 Å². The molecule has 0 N–H and O–H groups in total. The fourth-order valence-corrected chi connectivity index (χ4v) is 7.51. The predicted molar refractivity (Wildman–Crippen MR) is 194 cm³/mol. The molecule has 1 aliphatic heterocycles. The third-order valence-electron chi connectivity index (χ3n) is 9.57. The summed E-state index contributed by atoms with van der Waals surface area (Å²) in [7, 11) is 0. The van der Waals surface area contributed by atoms with Crippen molar-refractivity contribution in [1.82, 2.24) is 0 Å². The molecule has 1 spiro atoms. The normalized spacial score (nSPS) is 15.6. The van der Waals surface area contributed by atoms with Crippen molar-refractivity contribution in [1.29, 1.82) is 0 Å². The molecule has 46 heavy (non-hydrogen) atoms. The van der Waals surface area contributed by atoms with Crippen LogP contribution in [0.2, 0.25) is 0 Å². The van der Waals surface area contributed by atoms with Crippen LogP contribution in [0.5, 0.6) is 5.75 Å². The van der Waals surface area contributed by atoms with Gasteiger partial charge in [0.05, 0.1) is 0 Å². The van der Waals surface area contributed by atoms with E-state index in [2.05, 4.69) is 172 Å². The van der Waals surface area contributed by atoms with Gasteiger partial charge in [0.25, 0.3) is 0 Å². The van der Waals surface area contributed by atoms with Gasteiger partial charge in [-0.05, 0) is 40.8 Å². The zero-order chi connectivity index (χ0) is 31.3. The highest BCUT2D eigenvalue weighted by molar-refractivity contribution is 6.92. The minimum Gasteiger partial charge on any atom is -0.472 e. The lowest BCUT2D eigenvalue weighted by Crippen LogP contribution is -2.45. The van der Waals surface area contributed by atoms with Gasteiger partial charge < -0.3 is 4.74 Å². The Morgan fingerprint density at radius 3 is 1.93 bits per heavy atom. The Bertz CT molecular complexity index is 2170. The Hall–Kier alpha value is -5.60. The molecule has 1 nitrogen and oxygen atoms in total. The maximum atomic E-state index is 7.26. The van der Waals surface area contributed by atoms with E-state index in [9.17, 15) is 0 Å². The van der Waals surface area contributed by atoms with Gasteiger partial charge >= 0.3 is 0 Å². The average molecular weight is 589 g/mol. The van der Waals surface area contributed by atoms with E-state index in [-0.39, 0.29) is 6.71 Å². The van der Waals surface area contributed by atoms with E-state index in [4.69, 9.17) is 4.74 Å². The van der Waals surface area contributed by atoms with Crippen molar-refractivity contribution in [3.05, 3.63) is 199 Å². The van der Waals surface area contributed by atoms with Gasteiger partial charge in [-0.3, -0.25) is 0 Å². The Morgan fingerprint density at radius 2 is 1.20 bits per heavy atom. The van der Waals surface area contributed by atoms with Crippen LogP contribution in [0.15, 0.2) is 182 Å². The first-order valence-corrected chi connectivity index (χ1v) is 15.9. The number of benzene rings is 6. The van der Waals surface area contributed by atoms with Crippen LogP contribution in [-0.4, -0.2) is 6.71 Å². The van der Waals surface area contributed by atoms with Crippen molar-refractivity contribution in [2.45, 2.75) is 12.5 Å². The maximum absolute atomic E-state index is 7.26. The van der Waals surface area contributed by atoms with Crippen molar-refractivity contribution < 1.29 is 4.74 Å². The van der Waals surface area contributed by atoms with E-state index in [1.165, 1.54) is 49.9 Å². The van der Waals surface area contributed by atoms with Crippen LogP contribution in [0.25, 0.3) is 33.4 Å². The van der Waals surface area contributed by atoms with E-state index >= 15 is 0 Å². The van der Waals surface area contributed by atoms with Crippen LogP contribution < -0.4 is 15.7 Å². The van der Waals surface area contributed by atoms with E-state index in [0.717, 1.165) is 27.9 Å². The van der Waals surface area contributed by atoms with Gasteiger partial charge in [-0.1, -0.05) is 180 Å². The second-order valence-electron chi connectivity index (χ2n) is 12.2. The van der Waals surface area contributed by atoms with E-state index in [1.807, 2.05) is 6.08 Å². The van der Waals surface area contributed by atoms with Crippen LogP contribution in [0.3, 0.4) is 0 Å². The molecule has 2 heteroatoms. The highest BCUT2D eigenvalue weighted by Crippen LogP contribution is 2.58. The number of rotatable bonds is 6. The number of hydrogen-bond donors (Lipinski definition) is 0. The van der Waals surface area contributed by atoms with Crippen LogP contribution in [0.4, 0.5) is 0 Å². The number of para-hydroxylation sites is 1. The monoisotopic (exact) mass is 588 g/mol. The van der Waals surface area contributed by atoms with E-state index in [1.54, 1.807) is 0 Å². The Kier molecular flexibility index (Phi) is 6.73. The molecular weight excluding hydrogens is 555 g/mol. The summed E-state index contributed by atoms with van der Waals surface area (Å²) in [5.41, 5.74) is 14.4. The molecule has 0 amide bonds. The molecule has 218 valence electrons. The molecule has 0 bridgehead atoms. The maximum Gasteiger partial charge on any atom is 0.241 e. The Labute approximate surface area is 271 Å². The highest BCUT2D eigenvalue weighted by Gasteiger charge is 2.51. The van der Waals surface area contributed by atoms with E-state index < -0.39 is 5.60 Å². The number of fused-ring (bicyclic) bond motifs is 9. The quantitative estimate of drug-likeness (QED) is 0.139. The summed E-state index contributed by atoms with van der Waals surface area (Å²) in [6.07, 6.45) is 4.06. The SMILES string of the molecule is C=C/C(C)=C/C(=C)B(c1ccc(-c2ccccc2)cc1)c1cccc2c1-c1ccccc1C21Oc2ccccc2-c2ccccc21. The summed E-state index contributed by atoms with van der Waals surface area (Å²) in [5, 5.41) is 0. The first-order valence-electron chi connectivity index (χ1n) is 15.9. The van der Waals surface area contributed by atoms with Crippen LogP contribution in [0, 0.1) is 0 Å². The van der Waals surface area contributed by atoms with Crippen molar-refractivity contribution in [3.8, 4) is 39.1 Å². The lowest BCUT2D eigenvalue weighted by atomic mass is 9.35. The second kappa shape index (κ2) is 11.1. The van der Waals surface area contributed by atoms with Gasteiger partial charge in [0.1, 0.15) is 5.75 Å². The molecule has 2 aliphatic rings. The Balaban J connectivity index is 1.37. The third kappa shape index (κ3) is 4.25. The predicted octanol–water partition coefficient (Wildman–Crippen LogP) is 9.52. The standard InChI is InChI=1S/C44H33BO/c1-4-30(2)29-31(3)45(34-27-25-33(26-28-34)32-15-6-5-7-16-32)41-23-14-22-40-43(41)37-19-9-12-21-39(37)44(40)38-20-11-8-17-35(38)36-18-10-13-24-42(36)46-44/h4-29H,1,3H2,2H3/b30-29+. The van der Waals surface area contributed by atoms with E-state index in [0.29, 0.717) is 0 Å². The smallest absolute Gasteiger partial charge is 0.241 e. The second-order valence-corrected chi connectivity index (χ2v) is 12.2. The molecule has 6 aromatic rings. The summed E-state index contributed by atoms with van der Waals surface area (Å²) < 4.78 is 7.26. The van der Waals surface area contributed by atoms with Gasteiger partial charge in [0.15, 0.2) is 5.60 Å². The zero-order valence-corrected chi connectivity index (χ0v) is 25.9. The molecule has 1 unspecified atom stereocenters. The van der Waals surface area contributed by atoms with Gasteiger partial charge in [0, 0.05) is 22.3 Å². The van der Waals surface area contributed by atoms with Crippen LogP contribution >= 0.6 is 0 Å². The molecule has 6 aromatic carbocycles. The summed E-state index contributed by atoms with van der Waals surface area (Å²) in [6, 6.07) is 52.1. The molecule has 0 saturated heterocycles. The number of allylic oxidation sites excluding steroid dienone is 4. The van der Waals surface area contributed by atoms with Crippen molar-refractivity contribution in [2.75, 3.05) is 0 Å². The largest absolute Gasteiger partial charge is 0.472 e. The highest BCUT2D eigenvalue weighted by atomic mass is 16.5. The molecule has 0 saturated carbocycles. The van der Waals surface area contributed by atoms with Gasteiger partial charge in [-0.15, -0.1) is 6.58 Å². The van der Waals surface area contributed by atoms with Gasteiger partial charge in [0.2, 0.25) is 6.71 Å². The summed E-state index contributed by atoms with van der Waals surface area (Å²) in [6.45, 7) is 10.7. The molecule has 0 radical (unpaired) electrons. The fourth-order valence-electron chi connectivity index (χ4n) is 7.51. The third-order valence-corrected chi connectivity index (χ3v) is 9.57. The molecule has 1 aliphatic carbocycles. The fraction of sp³-hybridized carbons (Fsp3) is 0.0455. The molecule has 1 atom stereocenters. The lowest BCUT2D eigenvalue weighted by molar-refractivity contribution is 0.157. The zero-order valence-electron chi connectivity index (χ0n) is 25.9. The number of hydrogen-bond acceptors (Lipinski definition) is 1. The van der Waals surface area contributed by atoms with Gasteiger partial charge in [-0.25, -0.2) is 0 Å². The first-order chi connectivity index (χ1) is 22.6.